The van der Waals surface area contributed by atoms with Gasteiger partial charge in [0.25, 0.3) is 0 Å². The van der Waals surface area contributed by atoms with Gasteiger partial charge in [0, 0.05) is 22.5 Å². The normalized spacial score (nSPS) is 10.1. The Morgan fingerprint density at radius 1 is 1.24 bits per heavy atom. The summed E-state index contributed by atoms with van der Waals surface area (Å²) in [6.07, 6.45) is 0. The minimum Gasteiger partial charge on any atom is -0.497 e. The van der Waals surface area contributed by atoms with Gasteiger partial charge in [-0.25, -0.2) is 0 Å². The van der Waals surface area contributed by atoms with E-state index in [1.165, 1.54) is 11.3 Å². The van der Waals surface area contributed by atoms with Crippen molar-refractivity contribution >= 4 is 33.5 Å². The first-order valence-electron chi connectivity index (χ1n) is 7.45. The van der Waals surface area contributed by atoms with Crippen molar-refractivity contribution in [3.63, 3.8) is 0 Å². The summed E-state index contributed by atoms with van der Waals surface area (Å²) < 4.78 is 5.17. The molecule has 0 bridgehead atoms. The number of methoxy groups -OCH3 is 1. The first kappa shape index (κ1) is 16.6. The van der Waals surface area contributed by atoms with Gasteiger partial charge in [-0.05, 0) is 41.8 Å². The second kappa shape index (κ2) is 7.07. The molecule has 3 N–H and O–H groups in total. The summed E-state index contributed by atoms with van der Waals surface area (Å²) in [4.78, 5) is 12.8. The summed E-state index contributed by atoms with van der Waals surface area (Å²) in [5.74, 6) is 0.419. The van der Waals surface area contributed by atoms with Gasteiger partial charge in [-0.1, -0.05) is 12.1 Å². The third-order valence-electron chi connectivity index (χ3n) is 3.67. The lowest BCUT2D eigenvalue weighted by molar-refractivity contribution is 0.103. The first-order chi connectivity index (χ1) is 12.1. The molecule has 0 unspecified atom stereocenters. The van der Waals surface area contributed by atoms with Crippen molar-refractivity contribution in [1.29, 1.82) is 5.26 Å². The van der Waals surface area contributed by atoms with E-state index in [-0.39, 0.29) is 5.78 Å². The quantitative estimate of drug-likeness (QED) is 0.533. The highest BCUT2D eigenvalue weighted by atomic mass is 32.1. The molecule has 5 nitrogen and oxygen atoms in total. The van der Waals surface area contributed by atoms with Crippen LogP contribution in [0.4, 0.5) is 16.4 Å². The van der Waals surface area contributed by atoms with Gasteiger partial charge in [-0.3, -0.25) is 4.79 Å². The van der Waals surface area contributed by atoms with E-state index >= 15 is 0 Å². The van der Waals surface area contributed by atoms with Crippen LogP contribution in [0, 0.1) is 11.3 Å². The fourth-order valence-electron chi connectivity index (χ4n) is 2.38. The van der Waals surface area contributed by atoms with E-state index in [2.05, 4.69) is 11.4 Å². The summed E-state index contributed by atoms with van der Waals surface area (Å²) in [5.41, 5.74) is 8.54. The number of nitrogens with two attached hydrogens (primary N) is 1. The number of thiophene rings is 1. The van der Waals surface area contributed by atoms with E-state index in [1.807, 2.05) is 5.38 Å². The molecule has 25 heavy (non-hydrogen) atoms. The molecule has 2 aromatic carbocycles. The van der Waals surface area contributed by atoms with Crippen molar-refractivity contribution in [2.45, 2.75) is 0 Å². The number of anilines is 3. The molecule has 3 rings (SSSR count). The molecule has 0 aliphatic carbocycles. The lowest BCUT2D eigenvalue weighted by atomic mass is 10.0. The highest BCUT2D eigenvalue weighted by Gasteiger charge is 2.14. The van der Waals surface area contributed by atoms with Crippen LogP contribution in [0.3, 0.4) is 0 Å². The van der Waals surface area contributed by atoms with Gasteiger partial charge in [-0.15, -0.1) is 11.3 Å². The van der Waals surface area contributed by atoms with Gasteiger partial charge in [0.05, 0.1) is 12.7 Å². The summed E-state index contributed by atoms with van der Waals surface area (Å²) in [5, 5.41) is 14.8. The number of nitrogen functional groups attached to an aromatic ring is 1. The zero-order valence-electron chi connectivity index (χ0n) is 13.4. The molecule has 0 spiro atoms. The highest BCUT2D eigenvalue weighted by Crippen LogP contribution is 2.29. The number of carbonyl (C=O) groups is 1. The van der Waals surface area contributed by atoms with Crippen LogP contribution >= 0.6 is 11.3 Å². The molecule has 1 heterocycles. The Balaban J connectivity index is 1.94. The van der Waals surface area contributed by atoms with Crippen molar-refractivity contribution in [2.24, 2.45) is 0 Å². The SMILES string of the molecule is COc1cccc(C(=O)c2cc(Nc3sccc3C#N)ccc2N)c1. The van der Waals surface area contributed by atoms with E-state index < -0.39 is 0 Å². The topological polar surface area (TPSA) is 88.1 Å². The third kappa shape index (κ3) is 3.47. The molecule has 124 valence electrons. The number of rotatable bonds is 5. The summed E-state index contributed by atoms with van der Waals surface area (Å²) in [6.45, 7) is 0. The average Bonchev–Trinajstić information content (AvgIpc) is 3.10. The van der Waals surface area contributed by atoms with E-state index in [0.29, 0.717) is 33.8 Å². The van der Waals surface area contributed by atoms with Crippen molar-refractivity contribution < 1.29 is 9.53 Å². The van der Waals surface area contributed by atoms with Gasteiger partial charge < -0.3 is 15.8 Å². The number of nitrogens with one attached hydrogen (secondary N) is 1. The number of hydrogen-bond acceptors (Lipinski definition) is 6. The predicted molar refractivity (Wildman–Crippen MR) is 99.6 cm³/mol. The Morgan fingerprint density at radius 3 is 2.84 bits per heavy atom. The predicted octanol–water partition coefficient (Wildman–Crippen LogP) is 4.19. The molecule has 0 saturated carbocycles. The van der Waals surface area contributed by atoms with Crippen molar-refractivity contribution in [3.05, 3.63) is 70.6 Å². The minimum absolute atomic E-state index is 0.188. The lowest BCUT2D eigenvalue weighted by Gasteiger charge is -2.10. The molecule has 0 amide bonds. The molecule has 6 heteroatoms. The van der Waals surface area contributed by atoms with Crippen molar-refractivity contribution in [1.82, 2.24) is 0 Å². The zero-order chi connectivity index (χ0) is 17.8. The second-order valence-corrected chi connectivity index (χ2v) is 6.18. The molecule has 0 saturated heterocycles. The van der Waals surface area contributed by atoms with Gasteiger partial charge in [0.15, 0.2) is 5.78 Å². The average molecular weight is 349 g/mol. The monoisotopic (exact) mass is 349 g/mol. The van der Waals surface area contributed by atoms with Crippen LogP contribution < -0.4 is 15.8 Å². The third-order valence-corrected chi connectivity index (χ3v) is 4.50. The first-order valence-corrected chi connectivity index (χ1v) is 8.33. The smallest absolute Gasteiger partial charge is 0.195 e. The van der Waals surface area contributed by atoms with E-state index in [1.54, 1.807) is 55.6 Å². The fourth-order valence-corrected chi connectivity index (χ4v) is 3.13. The van der Waals surface area contributed by atoms with Crippen molar-refractivity contribution in [2.75, 3.05) is 18.2 Å². The molecule has 3 aromatic rings. The Labute approximate surface area is 149 Å². The number of benzene rings is 2. The Kier molecular flexibility index (Phi) is 4.68. The molecular formula is C19H15N3O2S. The number of nitriles is 1. The van der Waals surface area contributed by atoms with Crippen LogP contribution in [0.25, 0.3) is 0 Å². The van der Waals surface area contributed by atoms with Gasteiger partial charge >= 0.3 is 0 Å². The molecule has 0 fully saturated rings. The summed E-state index contributed by atoms with van der Waals surface area (Å²) in [7, 11) is 1.55. The molecule has 0 atom stereocenters. The Hall–Kier alpha value is -3.30. The second-order valence-electron chi connectivity index (χ2n) is 5.26. The van der Waals surface area contributed by atoms with Crippen LogP contribution in [-0.4, -0.2) is 12.9 Å². The van der Waals surface area contributed by atoms with Crippen LogP contribution in [0.15, 0.2) is 53.9 Å². The number of nitrogens with zero attached hydrogens (tertiary/aromatic N) is 1. The van der Waals surface area contributed by atoms with Crippen LogP contribution in [-0.2, 0) is 0 Å². The maximum Gasteiger partial charge on any atom is 0.195 e. The maximum absolute atomic E-state index is 12.8. The molecule has 1 aromatic heterocycles. The van der Waals surface area contributed by atoms with Crippen LogP contribution in [0.1, 0.15) is 21.5 Å². The molecule has 0 radical (unpaired) electrons. The summed E-state index contributed by atoms with van der Waals surface area (Å²) in [6, 6.07) is 15.9. The standard InChI is InChI=1S/C19H15N3O2S/c1-24-15-4-2-3-12(9-15)18(23)16-10-14(5-6-17(16)21)22-19-13(11-20)7-8-25-19/h2-10,22H,21H2,1H3. The maximum atomic E-state index is 12.8. The largest absolute Gasteiger partial charge is 0.497 e. The Morgan fingerprint density at radius 2 is 2.08 bits per heavy atom. The number of hydrogen-bond donors (Lipinski definition) is 2. The van der Waals surface area contributed by atoms with Crippen molar-refractivity contribution in [3.8, 4) is 11.8 Å². The molecule has 0 aliphatic rings. The van der Waals surface area contributed by atoms with Crippen LogP contribution in [0.5, 0.6) is 5.75 Å². The van der Waals surface area contributed by atoms with Gasteiger partial charge in [0.2, 0.25) is 0 Å². The fraction of sp³-hybridized carbons (Fsp3) is 0.0526. The number of ether oxygens (including phenoxy) is 1. The Bertz CT molecular complexity index is 973. The zero-order valence-corrected chi connectivity index (χ0v) is 14.3. The highest BCUT2D eigenvalue weighted by molar-refractivity contribution is 7.14. The van der Waals surface area contributed by atoms with E-state index in [4.69, 9.17) is 15.7 Å². The molecular weight excluding hydrogens is 334 g/mol. The van der Waals surface area contributed by atoms with Gasteiger partial charge in [-0.2, -0.15) is 5.26 Å². The van der Waals surface area contributed by atoms with E-state index in [0.717, 1.165) is 5.00 Å². The van der Waals surface area contributed by atoms with Gasteiger partial charge in [0.1, 0.15) is 16.8 Å². The van der Waals surface area contributed by atoms with Crippen LogP contribution in [0.2, 0.25) is 0 Å². The minimum atomic E-state index is -0.188. The van der Waals surface area contributed by atoms with E-state index in [9.17, 15) is 4.79 Å². The summed E-state index contributed by atoms with van der Waals surface area (Å²) >= 11 is 1.42. The number of ketones is 1. The number of carbonyl (C=O) groups excluding carboxylic acids is 1. The molecule has 0 aliphatic heterocycles. The lowest BCUT2D eigenvalue weighted by Crippen LogP contribution is -2.06.